The number of fused-ring (bicyclic) bond motifs is 3. The van der Waals surface area contributed by atoms with E-state index in [1.165, 1.54) is 26.0 Å². The molecule has 11 heteroatoms. The van der Waals surface area contributed by atoms with Gasteiger partial charge in [0.15, 0.2) is 5.78 Å². The predicted octanol–water partition coefficient (Wildman–Crippen LogP) is 4.59. The SMILES string of the molecule is CC(=O)O[C@@H]([C@H](C)[C@H](O)[C@H](C)[C@@H](O)[C@@H](C)/C=C/C=C(/C)C(=O)NC1=CC(=O)c2c(c(O)c(C)c3oc(C)cc23)C1=O)[C@H](C)/C=C\C=O. The van der Waals surface area contributed by atoms with Crippen LogP contribution in [0.15, 0.2) is 58.2 Å². The Labute approximate surface area is 273 Å². The molecule has 7 atom stereocenters. The van der Waals surface area contributed by atoms with Crippen LogP contribution in [0.25, 0.3) is 11.0 Å². The van der Waals surface area contributed by atoms with Crippen molar-refractivity contribution >= 4 is 40.7 Å². The summed E-state index contributed by atoms with van der Waals surface area (Å²) in [6.45, 7) is 12.9. The maximum Gasteiger partial charge on any atom is 0.302 e. The number of allylic oxidation sites excluding steroid dienone is 5. The Hall–Kier alpha value is -4.61. The molecule has 47 heavy (non-hydrogen) atoms. The van der Waals surface area contributed by atoms with E-state index in [-0.39, 0.29) is 34.1 Å². The molecule has 0 saturated carbocycles. The Morgan fingerprint density at radius 1 is 0.936 bits per heavy atom. The Morgan fingerprint density at radius 3 is 2.19 bits per heavy atom. The molecule has 1 heterocycles. The quantitative estimate of drug-likeness (QED) is 0.104. The summed E-state index contributed by atoms with van der Waals surface area (Å²) in [5.74, 6) is -4.38. The third-order valence-electron chi connectivity index (χ3n) is 8.65. The Balaban J connectivity index is 1.70. The van der Waals surface area contributed by atoms with Crippen molar-refractivity contribution < 1.29 is 48.4 Å². The number of amides is 1. The lowest BCUT2D eigenvalue weighted by Crippen LogP contribution is -2.44. The van der Waals surface area contributed by atoms with Crippen LogP contribution in [0, 0.1) is 37.5 Å². The van der Waals surface area contributed by atoms with Crippen molar-refractivity contribution in [2.75, 3.05) is 0 Å². The molecule has 1 aromatic carbocycles. The monoisotopic (exact) mass is 649 g/mol. The van der Waals surface area contributed by atoms with E-state index in [0.29, 0.717) is 28.6 Å². The van der Waals surface area contributed by atoms with Crippen LogP contribution in [0.2, 0.25) is 0 Å². The number of benzene rings is 1. The number of Topliss-reactive ketones (excluding diaryl/α,β-unsaturated/α-hetero) is 1. The molecule has 0 fully saturated rings. The number of carbonyl (C=O) groups is 5. The lowest BCUT2D eigenvalue weighted by atomic mass is 9.79. The first kappa shape index (κ1) is 36.9. The fourth-order valence-electron chi connectivity index (χ4n) is 5.85. The van der Waals surface area contributed by atoms with Gasteiger partial charge < -0.3 is 29.8 Å². The second-order valence-electron chi connectivity index (χ2n) is 12.3. The van der Waals surface area contributed by atoms with Crippen molar-refractivity contribution in [3.05, 3.63) is 76.2 Å². The normalized spacial score (nSPS) is 18.3. The van der Waals surface area contributed by atoms with Gasteiger partial charge in [0.05, 0.1) is 23.5 Å². The first-order valence-electron chi connectivity index (χ1n) is 15.4. The zero-order valence-corrected chi connectivity index (χ0v) is 27.9. The average Bonchev–Trinajstić information content (AvgIpc) is 3.42. The number of phenolic OH excluding ortho intramolecular Hbond substituents is 1. The number of aliphatic hydroxyl groups is 2. The van der Waals surface area contributed by atoms with Crippen LogP contribution in [-0.4, -0.2) is 63.4 Å². The first-order valence-corrected chi connectivity index (χ1v) is 15.4. The third-order valence-corrected chi connectivity index (χ3v) is 8.65. The molecule has 1 amide bonds. The number of furan rings is 1. The number of rotatable bonds is 13. The highest BCUT2D eigenvalue weighted by Gasteiger charge is 2.37. The predicted molar refractivity (Wildman–Crippen MR) is 175 cm³/mol. The Bertz CT molecular complexity index is 1690. The van der Waals surface area contributed by atoms with Gasteiger partial charge in [-0.25, -0.2) is 0 Å². The second kappa shape index (κ2) is 15.3. The topological polar surface area (TPSA) is 180 Å². The lowest BCUT2D eigenvalue weighted by Gasteiger charge is -2.35. The molecule has 1 aliphatic carbocycles. The van der Waals surface area contributed by atoms with Gasteiger partial charge in [0.25, 0.3) is 5.91 Å². The molecule has 0 saturated heterocycles. The maximum atomic E-state index is 13.3. The zero-order valence-electron chi connectivity index (χ0n) is 27.9. The number of phenols is 1. The van der Waals surface area contributed by atoms with E-state index < -0.39 is 59.5 Å². The Morgan fingerprint density at radius 2 is 1.57 bits per heavy atom. The van der Waals surface area contributed by atoms with E-state index in [0.717, 1.165) is 6.08 Å². The molecular formula is C36H43NO10. The molecule has 0 aliphatic heterocycles. The summed E-state index contributed by atoms with van der Waals surface area (Å²) < 4.78 is 11.1. The summed E-state index contributed by atoms with van der Waals surface area (Å²) in [7, 11) is 0. The van der Waals surface area contributed by atoms with E-state index in [4.69, 9.17) is 9.15 Å². The molecular weight excluding hydrogens is 606 g/mol. The van der Waals surface area contributed by atoms with E-state index in [1.807, 2.05) is 0 Å². The summed E-state index contributed by atoms with van der Waals surface area (Å²) >= 11 is 0. The number of aromatic hydroxyl groups is 1. The molecule has 2 aromatic rings. The number of aryl methyl sites for hydroxylation is 2. The number of hydrogen-bond donors (Lipinski definition) is 4. The van der Waals surface area contributed by atoms with Crippen LogP contribution in [0.3, 0.4) is 0 Å². The van der Waals surface area contributed by atoms with Crippen LogP contribution in [0.5, 0.6) is 5.75 Å². The molecule has 4 N–H and O–H groups in total. The van der Waals surface area contributed by atoms with Gasteiger partial charge in [-0.05, 0) is 32.9 Å². The summed E-state index contributed by atoms with van der Waals surface area (Å²) in [6, 6.07) is 1.62. The minimum atomic E-state index is -1.06. The smallest absolute Gasteiger partial charge is 0.302 e. The number of nitrogens with one attached hydrogen (secondary N) is 1. The average molecular weight is 650 g/mol. The first-order chi connectivity index (χ1) is 22.0. The van der Waals surface area contributed by atoms with Crippen molar-refractivity contribution in [3.63, 3.8) is 0 Å². The highest BCUT2D eigenvalue weighted by molar-refractivity contribution is 6.30. The largest absolute Gasteiger partial charge is 0.507 e. The molecule has 252 valence electrons. The van der Waals surface area contributed by atoms with Crippen molar-refractivity contribution in [3.8, 4) is 5.75 Å². The Kier molecular flexibility index (Phi) is 12.0. The van der Waals surface area contributed by atoms with Gasteiger partial charge in [0, 0.05) is 58.8 Å². The number of ether oxygens (including phenoxy) is 1. The summed E-state index contributed by atoms with van der Waals surface area (Å²) in [4.78, 5) is 61.8. The molecule has 3 rings (SSSR count). The standard InChI is InChI=1S/C36H43NO10/c1-17(30(41)21(5)31(42)22(6)34(47-24(8)39)18(2)13-10-14-38)11-9-12-19(3)36(45)37-26-16-27(40)28-25-15-20(4)46-35(25)23(7)32(43)29(28)33(26)44/h9-18,21-22,30-31,34,41-43H,1-8H3,(H,37,45)/b11-9+,13-10-,19-12-/t17-,18+,21+,22+,30-,31+,34+/m0/s1. The van der Waals surface area contributed by atoms with Gasteiger partial charge in [-0.15, -0.1) is 0 Å². The fourth-order valence-corrected chi connectivity index (χ4v) is 5.85. The van der Waals surface area contributed by atoms with Gasteiger partial charge in [0.2, 0.25) is 5.78 Å². The van der Waals surface area contributed by atoms with Gasteiger partial charge in [0.1, 0.15) is 29.5 Å². The van der Waals surface area contributed by atoms with Crippen LogP contribution in [0.4, 0.5) is 0 Å². The minimum Gasteiger partial charge on any atom is -0.507 e. The minimum absolute atomic E-state index is 0.0191. The highest BCUT2D eigenvalue weighted by Crippen LogP contribution is 2.39. The van der Waals surface area contributed by atoms with Gasteiger partial charge in [-0.3, -0.25) is 24.0 Å². The highest BCUT2D eigenvalue weighted by atomic mass is 16.5. The van der Waals surface area contributed by atoms with E-state index in [1.54, 1.807) is 65.8 Å². The van der Waals surface area contributed by atoms with Crippen LogP contribution < -0.4 is 5.32 Å². The summed E-state index contributed by atoms with van der Waals surface area (Å²) in [6.07, 6.45) is 6.40. The summed E-state index contributed by atoms with van der Waals surface area (Å²) in [5.41, 5.74) is 0.361. The third kappa shape index (κ3) is 8.04. The molecule has 0 bridgehead atoms. The van der Waals surface area contributed by atoms with Crippen molar-refractivity contribution in [2.24, 2.45) is 23.7 Å². The number of aldehydes is 1. The van der Waals surface area contributed by atoms with E-state index in [9.17, 15) is 39.3 Å². The molecule has 11 nitrogen and oxygen atoms in total. The van der Waals surface area contributed by atoms with Gasteiger partial charge in [-0.2, -0.15) is 0 Å². The van der Waals surface area contributed by atoms with Crippen LogP contribution in [0.1, 0.15) is 73.6 Å². The van der Waals surface area contributed by atoms with Crippen LogP contribution >= 0.6 is 0 Å². The van der Waals surface area contributed by atoms with Gasteiger partial charge >= 0.3 is 5.97 Å². The number of carbonyl (C=O) groups excluding carboxylic acids is 5. The molecule has 0 radical (unpaired) electrons. The van der Waals surface area contributed by atoms with Crippen LogP contribution in [-0.2, 0) is 19.1 Å². The van der Waals surface area contributed by atoms with Crippen molar-refractivity contribution in [2.45, 2.75) is 73.7 Å². The molecule has 1 aromatic heterocycles. The molecule has 0 spiro atoms. The lowest BCUT2D eigenvalue weighted by molar-refractivity contribution is -0.155. The maximum absolute atomic E-state index is 13.3. The van der Waals surface area contributed by atoms with Crippen molar-refractivity contribution in [1.82, 2.24) is 5.32 Å². The summed E-state index contributed by atoms with van der Waals surface area (Å²) in [5, 5.41) is 35.7. The van der Waals surface area contributed by atoms with Gasteiger partial charge in [-0.1, -0.05) is 52.0 Å². The van der Waals surface area contributed by atoms with E-state index >= 15 is 0 Å². The number of esters is 1. The second-order valence-corrected chi connectivity index (χ2v) is 12.3. The van der Waals surface area contributed by atoms with E-state index in [2.05, 4.69) is 5.32 Å². The molecule has 0 unspecified atom stereocenters. The number of hydrogen-bond acceptors (Lipinski definition) is 10. The number of ketones is 2. The number of aliphatic hydroxyl groups excluding tert-OH is 2. The molecule has 1 aliphatic rings. The van der Waals surface area contributed by atoms with Crippen molar-refractivity contribution in [1.29, 1.82) is 0 Å². The fraction of sp³-hybridized carbons (Fsp3) is 0.417. The zero-order chi connectivity index (χ0) is 35.3.